The van der Waals surface area contributed by atoms with E-state index in [0.717, 1.165) is 32.5 Å². The van der Waals surface area contributed by atoms with Crippen LogP contribution in [0.5, 0.6) is 0 Å². The SMILES string of the molecule is N[C@H](CNCCC1CCCO1)Cc1ccccc1. The van der Waals surface area contributed by atoms with Crippen LogP contribution in [0.15, 0.2) is 30.3 Å². The van der Waals surface area contributed by atoms with Gasteiger partial charge >= 0.3 is 0 Å². The topological polar surface area (TPSA) is 47.3 Å². The van der Waals surface area contributed by atoms with Gasteiger partial charge in [-0.15, -0.1) is 0 Å². The fraction of sp³-hybridized carbons (Fsp3) is 0.600. The average molecular weight is 248 g/mol. The van der Waals surface area contributed by atoms with E-state index in [-0.39, 0.29) is 6.04 Å². The molecule has 0 amide bonds. The van der Waals surface area contributed by atoms with Gasteiger partial charge in [0.15, 0.2) is 0 Å². The summed E-state index contributed by atoms with van der Waals surface area (Å²) < 4.78 is 5.58. The van der Waals surface area contributed by atoms with Crippen LogP contribution < -0.4 is 11.1 Å². The molecule has 1 aromatic carbocycles. The van der Waals surface area contributed by atoms with Gasteiger partial charge in [0.1, 0.15) is 0 Å². The second-order valence-corrected chi connectivity index (χ2v) is 5.08. The molecule has 2 atom stereocenters. The predicted octanol–water partition coefficient (Wildman–Crippen LogP) is 1.72. The molecule has 0 saturated carbocycles. The van der Waals surface area contributed by atoms with Crippen molar-refractivity contribution in [3.8, 4) is 0 Å². The molecule has 0 spiro atoms. The Bertz CT molecular complexity index is 323. The molecule has 1 saturated heterocycles. The first-order valence-corrected chi connectivity index (χ1v) is 6.96. The van der Waals surface area contributed by atoms with E-state index in [1.807, 2.05) is 6.07 Å². The molecular formula is C15H24N2O. The van der Waals surface area contributed by atoms with Crippen LogP contribution in [0.4, 0.5) is 0 Å². The van der Waals surface area contributed by atoms with Gasteiger partial charge in [0.2, 0.25) is 0 Å². The highest BCUT2D eigenvalue weighted by Gasteiger charge is 2.14. The Labute approximate surface area is 110 Å². The summed E-state index contributed by atoms with van der Waals surface area (Å²) in [5, 5.41) is 3.43. The van der Waals surface area contributed by atoms with Crippen molar-refractivity contribution < 1.29 is 4.74 Å². The standard InChI is InChI=1S/C15H24N2O/c16-14(11-13-5-2-1-3-6-13)12-17-9-8-15-7-4-10-18-15/h1-3,5-6,14-15,17H,4,7-12,16H2/t14-,15?/m0/s1. The Morgan fingerprint density at radius 1 is 1.33 bits per heavy atom. The van der Waals surface area contributed by atoms with Crippen molar-refractivity contribution in [2.75, 3.05) is 19.7 Å². The van der Waals surface area contributed by atoms with Crippen LogP contribution in [0.25, 0.3) is 0 Å². The van der Waals surface area contributed by atoms with E-state index in [1.54, 1.807) is 0 Å². The van der Waals surface area contributed by atoms with Crippen molar-refractivity contribution in [3.63, 3.8) is 0 Å². The molecule has 0 aliphatic carbocycles. The number of nitrogens with two attached hydrogens (primary N) is 1. The fourth-order valence-corrected chi connectivity index (χ4v) is 2.41. The van der Waals surface area contributed by atoms with Crippen molar-refractivity contribution in [2.24, 2.45) is 5.73 Å². The van der Waals surface area contributed by atoms with Gasteiger partial charge in [-0.3, -0.25) is 0 Å². The smallest absolute Gasteiger partial charge is 0.0588 e. The Kier molecular flexibility index (Phi) is 5.65. The zero-order valence-electron chi connectivity index (χ0n) is 11.0. The van der Waals surface area contributed by atoms with Gasteiger partial charge in [-0.25, -0.2) is 0 Å². The van der Waals surface area contributed by atoms with Crippen LogP contribution in [-0.2, 0) is 11.2 Å². The maximum atomic E-state index is 6.11. The quantitative estimate of drug-likeness (QED) is 0.722. The minimum absolute atomic E-state index is 0.192. The van der Waals surface area contributed by atoms with Crippen LogP contribution in [0.2, 0.25) is 0 Å². The van der Waals surface area contributed by atoms with Crippen molar-refractivity contribution in [1.82, 2.24) is 5.32 Å². The molecule has 3 N–H and O–H groups in total. The molecule has 0 bridgehead atoms. The van der Waals surface area contributed by atoms with Crippen LogP contribution in [0, 0.1) is 0 Å². The second-order valence-electron chi connectivity index (χ2n) is 5.08. The van der Waals surface area contributed by atoms with Gasteiger partial charge in [0, 0.05) is 19.2 Å². The summed E-state index contributed by atoms with van der Waals surface area (Å²) in [7, 11) is 0. The summed E-state index contributed by atoms with van der Waals surface area (Å²) in [6.45, 7) is 2.83. The van der Waals surface area contributed by atoms with Crippen molar-refractivity contribution in [1.29, 1.82) is 0 Å². The normalized spacial score (nSPS) is 21.1. The first kappa shape index (κ1) is 13.5. The summed E-state index contributed by atoms with van der Waals surface area (Å²) in [5.74, 6) is 0. The molecular weight excluding hydrogens is 224 g/mol. The van der Waals surface area contributed by atoms with E-state index in [4.69, 9.17) is 10.5 Å². The molecule has 0 aromatic heterocycles. The second kappa shape index (κ2) is 7.52. The van der Waals surface area contributed by atoms with Gasteiger partial charge in [0.05, 0.1) is 6.10 Å². The lowest BCUT2D eigenvalue weighted by Gasteiger charge is -2.14. The Morgan fingerprint density at radius 3 is 2.89 bits per heavy atom. The number of hydrogen-bond donors (Lipinski definition) is 2. The van der Waals surface area contributed by atoms with Crippen molar-refractivity contribution in [3.05, 3.63) is 35.9 Å². The van der Waals surface area contributed by atoms with E-state index in [1.165, 1.54) is 18.4 Å². The molecule has 2 rings (SSSR count). The first-order valence-electron chi connectivity index (χ1n) is 6.96. The minimum Gasteiger partial charge on any atom is -0.378 e. The highest BCUT2D eigenvalue weighted by molar-refractivity contribution is 5.15. The van der Waals surface area contributed by atoms with Crippen LogP contribution in [0.3, 0.4) is 0 Å². The van der Waals surface area contributed by atoms with Crippen LogP contribution in [0.1, 0.15) is 24.8 Å². The molecule has 3 nitrogen and oxygen atoms in total. The lowest BCUT2D eigenvalue weighted by molar-refractivity contribution is 0.104. The van der Waals surface area contributed by atoms with Gasteiger partial charge in [-0.1, -0.05) is 30.3 Å². The van der Waals surface area contributed by atoms with E-state index >= 15 is 0 Å². The zero-order valence-corrected chi connectivity index (χ0v) is 11.0. The maximum absolute atomic E-state index is 6.11. The molecule has 1 fully saturated rings. The summed E-state index contributed by atoms with van der Waals surface area (Å²) >= 11 is 0. The molecule has 3 heteroatoms. The number of rotatable bonds is 7. The van der Waals surface area contributed by atoms with Gasteiger partial charge in [0.25, 0.3) is 0 Å². The van der Waals surface area contributed by atoms with Crippen molar-refractivity contribution in [2.45, 2.75) is 37.8 Å². The van der Waals surface area contributed by atoms with E-state index in [0.29, 0.717) is 6.10 Å². The molecule has 1 unspecified atom stereocenters. The Balaban J connectivity index is 1.55. The Morgan fingerprint density at radius 2 is 2.17 bits per heavy atom. The van der Waals surface area contributed by atoms with E-state index in [2.05, 4.69) is 29.6 Å². The largest absolute Gasteiger partial charge is 0.378 e. The summed E-state index contributed by atoms with van der Waals surface area (Å²) in [4.78, 5) is 0. The highest BCUT2D eigenvalue weighted by Crippen LogP contribution is 2.14. The fourth-order valence-electron chi connectivity index (χ4n) is 2.41. The lowest BCUT2D eigenvalue weighted by Crippen LogP contribution is -2.36. The molecule has 100 valence electrons. The summed E-state index contributed by atoms with van der Waals surface area (Å²) in [5.41, 5.74) is 7.42. The highest BCUT2D eigenvalue weighted by atomic mass is 16.5. The number of ether oxygens (including phenoxy) is 1. The van der Waals surface area contributed by atoms with Crippen LogP contribution in [-0.4, -0.2) is 31.8 Å². The summed E-state index contributed by atoms with van der Waals surface area (Å²) in [6, 6.07) is 10.6. The van der Waals surface area contributed by atoms with Crippen LogP contribution >= 0.6 is 0 Å². The zero-order chi connectivity index (χ0) is 12.6. The molecule has 1 heterocycles. The Hall–Kier alpha value is -0.900. The third kappa shape index (κ3) is 4.77. The predicted molar refractivity (Wildman–Crippen MR) is 74.6 cm³/mol. The van der Waals surface area contributed by atoms with E-state index in [9.17, 15) is 0 Å². The molecule has 18 heavy (non-hydrogen) atoms. The number of benzene rings is 1. The van der Waals surface area contributed by atoms with E-state index < -0.39 is 0 Å². The average Bonchev–Trinajstić information content (AvgIpc) is 2.89. The molecule has 0 radical (unpaired) electrons. The van der Waals surface area contributed by atoms with Gasteiger partial charge in [-0.2, -0.15) is 0 Å². The molecule has 1 aliphatic rings. The van der Waals surface area contributed by atoms with Crippen molar-refractivity contribution >= 4 is 0 Å². The molecule has 1 aromatic rings. The third-order valence-electron chi connectivity index (χ3n) is 3.41. The van der Waals surface area contributed by atoms with Gasteiger partial charge < -0.3 is 15.8 Å². The summed E-state index contributed by atoms with van der Waals surface area (Å²) in [6.07, 6.45) is 4.96. The number of hydrogen-bond acceptors (Lipinski definition) is 3. The first-order chi connectivity index (χ1) is 8.84. The molecule has 1 aliphatic heterocycles. The third-order valence-corrected chi connectivity index (χ3v) is 3.41. The van der Waals surface area contributed by atoms with Gasteiger partial charge in [-0.05, 0) is 37.8 Å². The number of nitrogens with one attached hydrogen (secondary N) is 1. The lowest BCUT2D eigenvalue weighted by atomic mass is 10.1. The minimum atomic E-state index is 0.192. The monoisotopic (exact) mass is 248 g/mol. The maximum Gasteiger partial charge on any atom is 0.0588 e.